The molecule has 2 aromatic heterocycles. The van der Waals surface area contributed by atoms with E-state index in [0.717, 1.165) is 54.2 Å². The summed E-state index contributed by atoms with van der Waals surface area (Å²) in [6.07, 6.45) is 4.89. The van der Waals surface area contributed by atoms with Crippen LogP contribution in [0.1, 0.15) is 24.8 Å². The Kier molecular flexibility index (Phi) is 5.24. The highest BCUT2D eigenvalue weighted by atomic mass is 35.5. The fourth-order valence-electron chi connectivity index (χ4n) is 4.41. The molecule has 6 nitrogen and oxygen atoms in total. The Balaban J connectivity index is 1.60. The molecule has 1 aliphatic heterocycles. The number of carbonyl (C=O) groups is 1. The Hall–Kier alpha value is -3.12. The van der Waals surface area contributed by atoms with Crippen molar-refractivity contribution in [2.45, 2.75) is 32.4 Å². The second-order valence-corrected chi connectivity index (χ2v) is 8.48. The molecule has 1 fully saturated rings. The van der Waals surface area contributed by atoms with Crippen LogP contribution in [-0.2, 0) is 17.9 Å². The highest BCUT2D eigenvalue weighted by Crippen LogP contribution is 2.27. The maximum Gasteiger partial charge on any atom is 0.291 e. The van der Waals surface area contributed by atoms with Gasteiger partial charge in [-0.3, -0.25) is 9.59 Å². The summed E-state index contributed by atoms with van der Waals surface area (Å²) in [6.45, 7) is 2.01. The van der Waals surface area contributed by atoms with Gasteiger partial charge in [-0.2, -0.15) is 5.10 Å². The summed E-state index contributed by atoms with van der Waals surface area (Å²) in [6, 6.07) is 15.5. The third kappa shape index (κ3) is 3.72. The Labute approximate surface area is 184 Å². The number of fused-ring (bicyclic) bond motifs is 3. The summed E-state index contributed by atoms with van der Waals surface area (Å²) < 4.78 is 3.32. The number of nitrogens with zero attached hydrogens (tertiary/aromatic N) is 4. The van der Waals surface area contributed by atoms with Gasteiger partial charge in [0.05, 0.1) is 6.20 Å². The van der Waals surface area contributed by atoms with E-state index in [4.69, 9.17) is 11.6 Å². The summed E-state index contributed by atoms with van der Waals surface area (Å²) in [5.74, 6) is -0.0472. The van der Waals surface area contributed by atoms with E-state index in [1.807, 2.05) is 58.0 Å². The first-order valence-electron chi connectivity index (χ1n) is 10.6. The molecule has 0 aliphatic carbocycles. The maximum absolute atomic E-state index is 13.5. The van der Waals surface area contributed by atoms with Gasteiger partial charge in [0.15, 0.2) is 0 Å². The molecular weight excluding hydrogens is 412 g/mol. The molecule has 2 aromatic carbocycles. The number of halogens is 1. The average molecular weight is 435 g/mol. The van der Waals surface area contributed by atoms with Crippen LogP contribution >= 0.6 is 11.6 Å². The van der Waals surface area contributed by atoms with E-state index in [9.17, 15) is 9.59 Å². The smallest absolute Gasteiger partial charge is 0.291 e. The topological polar surface area (TPSA) is 60.1 Å². The highest BCUT2D eigenvalue weighted by molar-refractivity contribution is 6.30. The van der Waals surface area contributed by atoms with Crippen molar-refractivity contribution >= 4 is 39.3 Å². The van der Waals surface area contributed by atoms with Crippen molar-refractivity contribution < 1.29 is 4.79 Å². The molecule has 0 radical (unpaired) electrons. The standard InChI is InChI=1S/C24H23ClN4O2/c25-18-10-8-17(9-11-18)15-28-21-7-3-2-6-19(21)20-14-26-29(24(31)23(20)28)16-22(30)27-12-4-1-5-13-27/h2-3,6-11,14H,1,4-5,12-13,15-16H2. The van der Waals surface area contributed by atoms with E-state index in [1.165, 1.54) is 4.68 Å². The molecule has 3 heterocycles. The largest absolute Gasteiger partial charge is 0.341 e. The molecule has 31 heavy (non-hydrogen) atoms. The molecule has 1 aliphatic rings. The minimum Gasteiger partial charge on any atom is -0.341 e. The van der Waals surface area contributed by atoms with Crippen LogP contribution in [0.3, 0.4) is 0 Å². The third-order valence-electron chi connectivity index (χ3n) is 6.02. The second-order valence-electron chi connectivity index (χ2n) is 8.04. The number of hydrogen-bond acceptors (Lipinski definition) is 3. The van der Waals surface area contributed by atoms with Crippen molar-refractivity contribution in [1.29, 1.82) is 0 Å². The molecule has 0 atom stereocenters. The summed E-state index contributed by atoms with van der Waals surface area (Å²) >= 11 is 6.04. The quantitative estimate of drug-likeness (QED) is 0.486. The summed E-state index contributed by atoms with van der Waals surface area (Å²) in [5.41, 5.74) is 2.33. The van der Waals surface area contributed by atoms with Crippen LogP contribution in [0.15, 0.2) is 59.5 Å². The zero-order valence-corrected chi connectivity index (χ0v) is 17.9. The summed E-state index contributed by atoms with van der Waals surface area (Å²) in [5, 5.41) is 6.80. The van der Waals surface area contributed by atoms with Gasteiger partial charge in [0.1, 0.15) is 12.1 Å². The van der Waals surface area contributed by atoms with E-state index in [1.54, 1.807) is 6.20 Å². The molecule has 7 heteroatoms. The molecule has 5 rings (SSSR count). The predicted octanol–water partition coefficient (Wildman–Crippen LogP) is 4.07. The molecular formula is C24H23ClN4O2. The van der Waals surface area contributed by atoms with E-state index in [-0.39, 0.29) is 18.0 Å². The zero-order chi connectivity index (χ0) is 21.4. The minimum absolute atomic E-state index is 0.0305. The van der Waals surface area contributed by atoms with Crippen molar-refractivity contribution in [3.63, 3.8) is 0 Å². The number of hydrogen-bond donors (Lipinski definition) is 0. The molecule has 0 bridgehead atoms. The number of carbonyl (C=O) groups excluding carboxylic acids is 1. The lowest BCUT2D eigenvalue weighted by atomic mass is 10.1. The Morgan fingerprint density at radius 1 is 0.968 bits per heavy atom. The van der Waals surface area contributed by atoms with E-state index in [2.05, 4.69) is 5.10 Å². The minimum atomic E-state index is -0.243. The average Bonchev–Trinajstić information content (AvgIpc) is 3.12. The molecule has 4 aromatic rings. The Morgan fingerprint density at radius 2 is 1.71 bits per heavy atom. The lowest BCUT2D eigenvalue weighted by Gasteiger charge is -2.26. The SMILES string of the molecule is O=C(Cn1ncc2c3ccccc3n(Cc3ccc(Cl)cc3)c2c1=O)N1CCCCC1. The molecule has 0 saturated carbocycles. The first-order chi connectivity index (χ1) is 15.1. The number of rotatable bonds is 4. The van der Waals surface area contributed by atoms with Crippen LogP contribution in [0, 0.1) is 0 Å². The van der Waals surface area contributed by atoms with E-state index in [0.29, 0.717) is 17.1 Å². The first-order valence-corrected chi connectivity index (χ1v) is 11.0. The number of para-hydroxylation sites is 1. The number of piperidine rings is 1. The number of benzene rings is 2. The maximum atomic E-state index is 13.5. The Morgan fingerprint density at radius 3 is 2.48 bits per heavy atom. The predicted molar refractivity (Wildman–Crippen MR) is 122 cm³/mol. The lowest BCUT2D eigenvalue weighted by Crippen LogP contribution is -2.40. The highest BCUT2D eigenvalue weighted by Gasteiger charge is 2.20. The van der Waals surface area contributed by atoms with Gasteiger partial charge in [-0.15, -0.1) is 0 Å². The van der Waals surface area contributed by atoms with Crippen LogP contribution in [-0.4, -0.2) is 38.2 Å². The number of amides is 1. The van der Waals surface area contributed by atoms with Gasteiger partial charge in [0.25, 0.3) is 5.56 Å². The van der Waals surface area contributed by atoms with Crippen LogP contribution in [0.4, 0.5) is 0 Å². The van der Waals surface area contributed by atoms with Crippen molar-refractivity contribution in [2.24, 2.45) is 0 Å². The van der Waals surface area contributed by atoms with Crippen LogP contribution < -0.4 is 5.56 Å². The van der Waals surface area contributed by atoms with Crippen molar-refractivity contribution in [3.8, 4) is 0 Å². The zero-order valence-electron chi connectivity index (χ0n) is 17.1. The van der Waals surface area contributed by atoms with Crippen molar-refractivity contribution in [2.75, 3.05) is 13.1 Å². The van der Waals surface area contributed by atoms with Crippen LogP contribution in [0.25, 0.3) is 21.8 Å². The van der Waals surface area contributed by atoms with Crippen molar-refractivity contribution in [1.82, 2.24) is 19.2 Å². The van der Waals surface area contributed by atoms with Gasteiger partial charge < -0.3 is 9.47 Å². The van der Waals surface area contributed by atoms with Gasteiger partial charge in [-0.05, 0) is 43.0 Å². The number of likely N-dealkylation sites (tertiary alicyclic amines) is 1. The van der Waals surface area contributed by atoms with Crippen LogP contribution in [0.2, 0.25) is 5.02 Å². The molecule has 0 spiro atoms. The van der Waals surface area contributed by atoms with Gasteiger partial charge in [0, 0.05) is 40.9 Å². The van der Waals surface area contributed by atoms with E-state index < -0.39 is 0 Å². The van der Waals surface area contributed by atoms with Gasteiger partial charge in [0.2, 0.25) is 5.91 Å². The molecule has 1 saturated heterocycles. The molecule has 1 amide bonds. The normalized spacial score (nSPS) is 14.4. The van der Waals surface area contributed by atoms with Crippen molar-refractivity contribution in [3.05, 3.63) is 75.7 Å². The lowest BCUT2D eigenvalue weighted by molar-refractivity contribution is -0.133. The van der Waals surface area contributed by atoms with Crippen LogP contribution in [0.5, 0.6) is 0 Å². The van der Waals surface area contributed by atoms with E-state index >= 15 is 0 Å². The van der Waals surface area contributed by atoms with Gasteiger partial charge in [-0.1, -0.05) is 41.9 Å². The second kappa shape index (κ2) is 8.19. The van der Waals surface area contributed by atoms with Gasteiger partial charge in [-0.25, -0.2) is 4.68 Å². The fourth-order valence-corrected chi connectivity index (χ4v) is 4.54. The first kappa shape index (κ1) is 19.8. The molecule has 0 unspecified atom stereocenters. The fraction of sp³-hybridized carbons (Fsp3) is 0.292. The molecule has 158 valence electrons. The molecule has 0 N–H and O–H groups in total. The summed E-state index contributed by atoms with van der Waals surface area (Å²) in [4.78, 5) is 28.1. The third-order valence-corrected chi connectivity index (χ3v) is 6.27. The number of aromatic nitrogens is 3. The monoisotopic (exact) mass is 434 g/mol. The Bertz CT molecular complexity index is 1320. The summed E-state index contributed by atoms with van der Waals surface area (Å²) in [7, 11) is 0. The van der Waals surface area contributed by atoms with Gasteiger partial charge >= 0.3 is 0 Å².